The minimum absolute atomic E-state index is 0.151. The second kappa shape index (κ2) is 7.21. The maximum atomic E-state index is 12.1. The minimum Gasteiger partial charge on any atom is -0.493 e. The van der Waals surface area contributed by atoms with Gasteiger partial charge in [-0.15, -0.1) is 0 Å². The summed E-state index contributed by atoms with van der Waals surface area (Å²) in [6.45, 7) is 0. The van der Waals surface area contributed by atoms with Crippen molar-refractivity contribution in [1.29, 1.82) is 0 Å². The quantitative estimate of drug-likeness (QED) is 0.898. The molecule has 1 atom stereocenters. The van der Waals surface area contributed by atoms with Gasteiger partial charge in [-0.1, -0.05) is 30.3 Å². The first-order valence-corrected chi connectivity index (χ1v) is 7.97. The third-order valence-electron chi connectivity index (χ3n) is 4.21. The molecule has 0 aliphatic heterocycles. The summed E-state index contributed by atoms with van der Waals surface area (Å²) in [5.41, 5.74) is 3.00. The van der Waals surface area contributed by atoms with Gasteiger partial charge in [-0.25, -0.2) is 0 Å². The van der Waals surface area contributed by atoms with Crippen molar-refractivity contribution in [1.82, 2.24) is 0 Å². The van der Waals surface area contributed by atoms with Gasteiger partial charge in [0.15, 0.2) is 17.3 Å². The van der Waals surface area contributed by atoms with Gasteiger partial charge < -0.3 is 14.8 Å². The van der Waals surface area contributed by atoms with E-state index in [1.54, 1.807) is 20.3 Å². The molecule has 0 saturated carbocycles. The molecule has 0 saturated heterocycles. The van der Waals surface area contributed by atoms with Crippen molar-refractivity contribution < 1.29 is 14.3 Å². The highest BCUT2D eigenvalue weighted by atomic mass is 16.5. The highest BCUT2D eigenvalue weighted by Crippen LogP contribution is 2.34. The molecule has 3 rings (SSSR count). The Morgan fingerprint density at radius 1 is 0.958 bits per heavy atom. The fourth-order valence-electron chi connectivity index (χ4n) is 3.04. The summed E-state index contributed by atoms with van der Waals surface area (Å²) in [5, 5.41) is 3.34. The number of carbonyl (C=O) groups is 1. The molecule has 24 heavy (non-hydrogen) atoms. The maximum Gasteiger partial charge on any atom is 0.162 e. The fraction of sp³-hybridized carbons (Fsp3) is 0.250. The zero-order valence-electron chi connectivity index (χ0n) is 13.9. The number of ether oxygens (including phenoxy) is 2. The molecule has 0 aromatic heterocycles. The van der Waals surface area contributed by atoms with Gasteiger partial charge in [0.25, 0.3) is 0 Å². The Kier molecular flexibility index (Phi) is 4.85. The number of benzene rings is 2. The Bertz CT molecular complexity index is 753. The van der Waals surface area contributed by atoms with Crippen LogP contribution in [0.25, 0.3) is 0 Å². The van der Waals surface area contributed by atoms with Gasteiger partial charge >= 0.3 is 0 Å². The van der Waals surface area contributed by atoms with Crippen molar-refractivity contribution in [3.8, 4) is 11.5 Å². The molecule has 124 valence electrons. The van der Waals surface area contributed by atoms with E-state index in [9.17, 15) is 4.79 Å². The van der Waals surface area contributed by atoms with Crippen molar-refractivity contribution in [2.75, 3.05) is 19.5 Å². The molecule has 0 radical (unpaired) electrons. The number of hydrogen-bond acceptors (Lipinski definition) is 4. The van der Waals surface area contributed by atoms with Crippen molar-refractivity contribution in [3.05, 3.63) is 65.9 Å². The monoisotopic (exact) mass is 323 g/mol. The highest BCUT2D eigenvalue weighted by molar-refractivity contribution is 5.92. The number of hydrogen-bond donors (Lipinski definition) is 1. The molecule has 0 bridgehead atoms. The van der Waals surface area contributed by atoms with Gasteiger partial charge in [-0.05, 0) is 30.0 Å². The number of nitrogens with one attached hydrogen (secondary N) is 1. The molecule has 1 N–H and O–H groups in total. The van der Waals surface area contributed by atoms with E-state index in [2.05, 4.69) is 17.4 Å². The van der Waals surface area contributed by atoms with E-state index < -0.39 is 0 Å². The largest absolute Gasteiger partial charge is 0.493 e. The Balaban J connectivity index is 1.78. The molecule has 4 heteroatoms. The Labute approximate surface area is 142 Å². The summed E-state index contributed by atoms with van der Waals surface area (Å²) in [7, 11) is 3.22. The summed E-state index contributed by atoms with van der Waals surface area (Å²) in [6, 6.07) is 15.8. The molecule has 1 aliphatic rings. The highest BCUT2D eigenvalue weighted by Gasteiger charge is 2.22. The van der Waals surface area contributed by atoms with Gasteiger partial charge in [0.05, 0.1) is 14.2 Å². The average molecular weight is 323 g/mol. The first kappa shape index (κ1) is 16.1. The fourth-order valence-corrected chi connectivity index (χ4v) is 3.04. The SMILES string of the molecule is COc1ccc(NC2=CC(=O)CC(c3ccccc3)C2)cc1OC. The topological polar surface area (TPSA) is 47.6 Å². The number of rotatable bonds is 5. The molecule has 0 amide bonds. The van der Waals surface area contributed by atoms with E-state index in [4.69, 9.17) is 9.47 Å². The zero-order valence-corrected chi connectivity index (χ0v) is 13.9. The molecule has 0 heterocycles. The second-order valence-electron chi connectivity index (χ2n) is 5.85. The van der Waals surface area contributed by atoms with Crippen LogP contribution in [0, 0.1) is 0 Å². The lowest BCUT2D eigenvalue weighted by atomic mass is 9.85. The standard InChI is InChI=1S/C20H21NO3/c1-23-19-9-8-16(13-20(19)24-2)21-17-10-15(11-18(22)12-17)14-6-4-3-5-7-14/h3-9,12-13,15,21H,10-11H2,1-2H3. The summed E-state index contributed by atoms with van der Waals surface area (Å²) >= 11 is 0. The smallest absolute Gasteiger partial charge is 0.162 e. The van der Waals surface area contributed by atoms with Gasteiger partial charge in [0.2, 0.25) is 0 Å². The van der Waals surface area contributed by atoms with Crippen LogP contribution in [0.2, 0.25) is 0 Å². The van der Waals surface area contributed by atoms with E-state index in [-0.39, 0.29) is 11.7 Å². The van der Waals surface area contributed by atoms with Crippen LogP contribution < -0.4 is 14.8 Å². The van der Waals surface area contributed by atoms with Crippen LogP contribution in [-0.2, 0) is 4.79 Å². The van der Waals surface area contributed by atoms with Crippen LogP contribution in [0.3, 0.4) is 0 Å². The van der Waals surface area contributed by atoms with Crippen molar-refractivity contribution in [3.63, 3.8) is 0 Å². The first-order valence-electron chi connectivity index (χ1n) is 7.97. The maximum absolute atomic E-state index is 12.1. The van der Waals surface area contributed by atoms with E-state index in [1.807, 2.05) is 36.4 Å². The van der Waals surface area contributed by atoms with E-state index in [0.29, 0.717) is 17.9 Å². The third kappa shape index (κ3) is 3.59. The summed E-state index contributed by atoms with van der Waals surface area (Å²) < 4.78 is 10.6. The number of allylic oxidation sites excluding steroid dienone is 2. The molecular formula is C20H21NO3. The van der Waals surface area contributed by atoms with Crippen LogP contribution >= 0.6 is 0 Å². The van der Waals surface area contributed by atoms with Gasteiger partial charge in [0.1, 0.15) is 0 Å². The van der Waals surface area contributed by atoms with Crippen LogP contribution in [0.1, 0.15) is 24.3 Å². The summed E-state index contributed by atoms with van der Waals surface area (Å²) in [4.78, 5) is 12.1. The van der Waals surface area contributed by atoms with Gasteiger partial charge in [0, 0.05) is 29.9 Å². The number of carbonyl (C=O) groups excluding carboxylic acids is 1. The van der Waals surface area contributed by atoms with Crippen LogP contribution in [0.5, 0.6) is 11.5 Å². The molecule has 2 aromatic carbocycles. The number of methoxy groups -OCH3 is 2. The predicted octanol–water partition coefficient (Wildman–Crippen LogP) is 4.15. The Hall–Kier alpha value is -2.75. The van der Waals surface area contributed by atoms with Crippen LogP contribution in [0.15, 0.2) is 60.3 Å². The minimum atomic E-state index is 0.151. The molecule has 1 unspecified atom stereocenters. The molecule has 2 aromatic rings. The lowest BCUT2D eigenvalue weighted by Crippen LogP contribution is -2.16. The lowest BCUT2D eigenvalue weighted by molar-refractivity contribution is -0.115. The van der Waals surface area contributed by atoms with Crippen molar-refractivity contribution in [2.24, 2.45) is 0 Å². The van der Waals surface area contributed by atoms with Crippen molar-refractivity contribution in [2.45, 2.75) is 18.8 Å². The number of anilines is 1. The lowest BCUT2D eigenvalue weighted by Gasteiger charge is -2.23. The third-order valence-corrected chi connectivity index (χ3v) is 4.21. The van der Waals surface area contributed by atoms with Crippen molar-refractivity contribution >= 4 is 11.5 Å². The van der Waals surface area contributed by atoms with Crippen LogP contribution in [0.4, 0.5) is 5.69 Å². The molecule has 1 aliphatic carbocycles. The van der Waals surface area contributed by atoms with Crippen LogP contribution in [-0.4, -0.2) is 20.0 Å². The van der Waals surface area contributed by atoms with E-state index in [0.717, 1.165) is 17.8 Å². The summed E-state index contributed by atoms with van der Waals surface area (Å²) in [5.74, 6) is 1.70. The molecule has 0 fully saturated rings. The molecule has 4 nitrogen and oxygen atoms in total. The Morgan fingerprint density at radius 3 is 2.42 bits per heavy atom. The molecular weight excluding hydrogens is 302 g/mol. The van der Waals surface area contributed by atoms with E-state index >= 15 is 0 Å². The number of ketones is 1. The first-order chi connectivity index (χ1) is 11.7. The van der Waals surface area contributed by atoms with Gasteiger partial charge in [-0.3, -0.25) is 4.79 Å². The predicted molar refractivity (Wildman–Crippen MR) is 94.7 cm³/mol. The Morgan fingerprint density at radius 2 is 1.71 bits per heavy atom. The van der Waals surface area contributed by atoms with Gasteiger partial charge in [-0.2, -0.15) is 0 Å². The average Bonchev–Trinajstić information content (AvgIpc) is 2.62. The molecule has 0 spiro atoms. The second-order valence-corrected chi connectivity index (χ2v) is 5.85. The van der Waals surface area contributed by atoms with E-state index in [1.165, 1.54) is 5.56 Å². The normalized spacial score (nSPS) is 17.2. The zero-order chi connectivity index (χ0) is 16.9. The summed E-state index contributed by atoms with van der Waals surface area (Å²) in [6.07, 6.45) is 3.07.